The summed E-state index contributed by atoms with van der Waals surface area (Å²) < 4.78 is 27.6. The van der Waals surface area contributed by atoms with Gasteiger partial charge in [-0.15, -0.1) is 0 Å². The van der Waals surface area contributed by atoms with Gasteiger partial charge in [0.25, 0.3) is 0 Å². The van der Waals surface area contributed by atoms with Crippen molar-refractivity contribution in [2.24, 2.45) is 17.8 Å². The second-order valence-electron chi connectivity index (χ2n) is 9.82. The Hall–Kier alpha value is -1.60. The smallest absolute Gasteiger partial charge is 0.319 e. The van der Waals surface area contributed by atoms with E-state index in [2.05, 4.69) is 31.4 Å². The highest BCUT2D eigenvalue weighted by Gasteiger charge is 2.27. The van der Waals surface area contributed by atoms with Crippen LogP contribution in [0.2, 0.25) is 0 Å². The van der Waals surface area contributed by atoms with Gasteiger partial charge in [-0.2, -0.15) is 4.31 Å². The van der Waals surface area contributed by atoms with Crippen molar-refractivity contribution >= 4 is 21.7 Å². The minimum atomic E-state index is -3.54. The van der Waals surface area contributed by atoms with Crippen molar-refractivity contribution in [3.63, 3.8) is 0 Å². The lowest BCUT2D eigenvalue weighted by atomic mass is 9.80. The second-order valence-corrected chi connectivity index (χ2v) is 11.8. The molecule has 1 aliphatic carbocycles. The summed E-state index contributed by atoms with van der Waals surface area (Å²) in [7, 11) is -3.54. The predicted octanol–water partition coefficient (Wildman–Crippen LogP) is 6.58. The molecule has 3 rings (SSSR count). The molecule has 6 nitrogen and oxygen atoms in total. The number of carbonyl (C=O) groups is 1. The third-order valence-electron chi connectivity index (χ3n) is 6.50. The lowest BCUT2D eigenvalue weighted by molar-refractivity contribution is 0.244. The molecular weight excluding hydrogens is 434 g/mol. The molecular formula is C26H46N3O3S. The van der Waals surface area contributed by atoms with Gasteiger partial charge < -0.3 is 10.6 Å². The molecule has 7 heteroatoms. The van der Waals surface area contributed by atoms with Crippen LogP contribution in [0.4, 0.5) is 10.5 Å². The van der Waals surface area contributed by atoms with Gasteiger partial charge in [0.05, 0.1) is 10.9 Å². The summed E-state index contributed by atoms with van der Waals surface area (Å²) in [4.78, 5) is 13.0. The van der Waals surface area contributed by atoms with Gasteiger partial charge in [-0.05, 0) is 80.9 Å². The number of rotatable bonds is 4. The average Bonchev–Trinajstić information content (AvgIpc) is 2.68. The standard InChI is InChI=1S/C24H38N3O3S.2CH4/c1-17-12-18(2)14-21(15-19(3)13-17)25-24(28)26-23-16-22(9-8-20(23)4)31(29,30)27-10-6-5-7-11-27;;/h8-9,16-19H,5-7,10-15H2,1-4H3,(H2,25,26,28);2*1H4. The first-order valence-corrected chi connectivity index (χ1v) is 13.1. The minimum Gasteiger partial charge on any atom is -0.330 e. The fourth-order valence-electron chi connectivity index (χ4n) is 5.13. The first-order valence-electron chi connectivity index (χ1n) is 11.7. The van der Waals surface area contributed by atoms with Crippen LogP contribution in [0.5, 0.6) is 0 Å². The maximum absolute atomic E-state index is 13.0. The van der Waals surface area contributed by atoms with Crippen molar-refractivity contribution in [1.82, 2.24) is 9.62 Å². The van der Waals surface area contributed by atoms with E-state index < -0.39 is 10.0 Å². The molecule has 1 radical (unpaired) electrons. The Balaban J connectivity index is 0.00000272. The van der Waals surface area contributed by atoms with Gasteiger partial charge in [0, 0.05) is 18.8 Å². The monoisotopic (exact) mass is 480 g/mol. The molecule has 0 aromatic heterocycles. The van der Waals surface area contributed by atoms with E-state index in [4.69, 9.17) is 0 Å². The van der Waals surface area contributed by atoms with Crippen LogP contribution in [-0.4, -0.2) is 31.8 Å². The van der Waals surface area contributed by atoms with Gasteiger partial charge in [0.1, 0.15) is 0 Å². The lowest BCUT2D eigenvalue weighted by Crippen LogP contribution is -2.36. The molecule has 0 bridgehead atoms. The molecule has 1 aromatic rings. The van der Waals surface area contributed by atoms with Gasteiger partial charge in [-0.3, -0.25) is 0 Å². The van der Waals surface area contributed by atoms with Crippen molar-refractivity contribution in [2.75, 3.05) is 18.4 Å². The molecule has 2 aliphatic rings. The number of benzene rings is 1. The van der Waals surface area contributed by atoms with Gasteiger partial charge in [-0.1, -0.05) is 48.1 Å². The molecule has 2 amide bonds. The second kappa shape index (κ2) is 12.7. The maximum Gasteiger partial charge on any atom is 0.319 e. The zero-order chi connectivity index (χ0) is 22.6. The number of anilines is 1. The molecule has 1 heterocycles. The van der Waals surface area contributed by atoms with E-state index in [1.807, 2.05) is 6.92 Å². The molecule has 1 aromatic carbocycles. The molecule has 2 fully saturated rings. The number of nitrogens with one attached hydrogen (secondary N) is 2. The first-order chi connectivity index (χ1) is 14.6. The number of sulfonamides is 1. The molecule has 2 atom stereocenters. The molecule has 189 valence electrons. The van der Waals surface area contributed by atoms with Crippen molar-refractivity contribution in [3.05, 3.63) is 29.8 Å². The van der Waals surface area contributed by atoms with Crippen LogP contribution < -0.4 is 10.6 Å². The summed E-state index contributed by atoms with van der Waals surface area (Å²) in [5.41, 5.74) is 1.38. The number of hydrogen-bond acceptors (Lipinski definition) is 3. The van der Waals surface area contributed by atoms with Gasteiger partial charge in [0.2, 0.25) is 10.0 Å². The van der Waals surface area contributed by atoms with Crippen molar-refractivity contribution in [1.29, 1.82) is 0 Å². The Labute approximate surface area is 203 Å². The molecule has 1 aliphatic heterocycles. The summed E-state index contributed by atoms with van der Waals surface area (Å²) in [5, 5.41) is 5.96. The van der Waals surface area contributed by atoms with E-state index >= 15 is 0 Å². The van der Waals surface area contributed by atoms with Crippen LogP contribution in [0, 0.1) is 30.7 Å². The summed E-state index contributed by atoms with van der Waals surface area (Å²) in [6.45, 7) is 9.79. The van der Waals surface area contributed by atoms with E-state index in [1.165, 1.54) is 12.8 Å². The highest BCUT2D eigenvalue weighted by atomic mass is 32.2. The number of urea groups is 1. The Kier molecular flexibility index (Phi) is 11.4. The van der Waals surface area contributed by atoms with Gasteiger partial charge in [0.15, 0.2) is 0 Å². The largest absolute Gasteiger partial charge is 0.330 e. The maximum atomic E-state index is 13.0. The van der Waals surface area contributed by atoms with Crippen molar-refractivity contribution < 1.29 is 13.2 Å². The Morgan fingerprint density at radius 1 is 0.909 bits per heavy atom. The lowest BCUT2D eigenvalue weighted by Gasteiger charge is -2.30. The molecule has 2 unspecified atom stereocenters. The van der Waals surface area contributed by atoms with Crippen molar-refractivity contribution in [2.45, 2.75) is 92.4 Å². The number of hydrogen-bond donors (Lipinski definition) is 2. The zero-order valence-electron chi connectivity index (χ0n) is 19.4. The van der Waals surface area contributed by atoms with Crippen LogP contribution in [0.1, 0.15) is 86.1 Å². The van der Waals surface area contributed by atoms with Crippen LogP contribution in [0.25, 0.3) is 0 Å². The third-order valence-corrected chi connectivity index (χ3v) is 8.39. The average molecular weight is 481 g/mol. The van der Waals surface area contributed by atoms with Crippen LogP contribution in [0.3, 0.4) is 0 Å². The fraction of sp³-hybridized carbons (Fsp3) is 0.692. The highest BCUT2D eigenvalue weighted by molar-refractivity contribution is 7.89. The van der Waals surface area contributed by atoms with Crippen LogP contribution in [-0.2, 0) is 10.0 Å². The topological polar surface area (TPSA) is 78.5 Å². The van der Waals surface area contributed by atoms with Crippen LogP contribution >= 0.6 is 0 Å². The van der Waals surface area contributed by atoms with Gasteiger partial charge in [-0.25, -0.2) is 13.2 Å². The number of aryl methyl sites for hydroxylation is 1. The first kappa shape index (κ1) is 29.4. The molecule has 1 saturated heterocycles. The van der Waals surface area contributed by atoms with Crippen molar-refractivity contribution in [3.8, 4) is 0 Å². The van der Waals surface area contributed by atoms with E-state index in [0.717, 1.165) is 43.7 Å². The Bertz CT molecular complexity index is 852. The van der Waals surface area contributed by atoms with E-state index in [9.17, 15) is 13.2 Å². The number of nitrogens with zero attached hydrogens (tertiary/aromatic N) is 1. The summed E-state index contributed by atoms with van der Waals surface area (Å²) >= 11 is 0. The van der Waals surface area contributed by atoms with Gasteiger partial charge >= 0.3 is 6.03 Å². The normalized spacial score (nSPS) is 25.0. The summed E-state index contributed by atoms with van der Waals surface area (Å²) in [6, 6.07) is 5.77. The van der Waals surface area contributed by atoms with E-state index in [0.29, 0.717) is 36.5 Å². The molecule has 1 saturated carbocycles. The van der Waals surface area contributed by atoms with E-state index in [1.54, 1.807) is 22.5 Å². The number of amides is 2. The minimum absolute atomic E-state index is 0. The van der Waals surface area contributed by atoms with E-state index in [-0.39, 0.29) is 25.8 Å². The molecule has 2 N–H and O–H groups in total. The summed E-state index contributed by atoms with van der Waals surface area (Å²) in [5.74, 6) is 1.79. The third kappa shape index (κ3) is 7.99. The zero-order valence-corrected chi connectivity index (χ0v) is 20.2. The Morgan fingerprint density at radius 3 is 2.06 bits per heavy atom. The van der Waals surface area contributed by atoms with Crippen LogP contribution in [0.15, 0.2) is 23.1 Å². The fourth-order valence-corrected chi connectivity index (χ4v) is 6.67. The number of piperidine rings is 1. The predicted molar refractivity (Wildman–Crippen MR) is 139 cm³/mol. The molecule has 0 spiro atoms. The number of carbonyl (C=O) groups excluding carboxylic acids is 1. The summed E-state index contributed by atoms with van der Waals surface area (Å²) in [6.07, 6.45) is 7.00. The SMILES string of the molecule is C.C.Cc1ccc(S(=O)(=O)N2CCCCC2)cc1NC(=O)N[C]1CC(C)CC(C)CC(C)C1. The highest BCUT2D eigenvalue weighted by Crippen LogP contribution is 2.33. The molecule has 33 heavy (non-hydrogen) atoms. The Morgan fingerprint density at radius 2 is 1.48 bits per heavy atom. The quantitative estimate of drug-likeness (QED) is 0.511.